The van der Waals surface area contributed by atoms with Crippen LogP contribution in [0.5, 0.6) is 0 Å². The number of sulfonamides is 1. The molecule has 1 aromatic heterocycles. The van der Waals surface area contributed by atoms with E-state index >= 15 is 0 Å². The Morgan fingerprint density at radius 1 is 1.03 bits per heavy atom. The maximum atomic E-state index is 12.9. The van der Waals surface area contributed by atoms with E-state index in [9.17, 15) is 13.2 Å². The second kappa shape index (κ2) is 9.98. The molecule has 0 unspecified atom stereocenters. The summed E-state index contributed by atoms with van der Waals surface area (Å²) < 4.78 is 30.1. The summed E-state index contributed by atoms with van der Waals surface area (Å²) in [4.78, 5) is 16.9. The quantitative estimate of drug-likeness (QED) is 0.405. The molecule has 0 aliphatic rings. The number of aryl methyl sites for hydroxylation is 1. The number of hydrogen-bond acceptors (Lipinski definition) is 5. The van der Waals surface area contributed by atoms with Crippen LogP contribution in [-0.4, -0.2) is 29.1 Å². The first-order chi connectivity index (χ1) is 16.3. The van der Waals surface area contributed by atoms with E-state index in [4.69, 9.17) is 0 Å². The molecular weight excluding hydrogens is 450 g/mol. The van der Waals surface area contributed by atoms with Crippen molar-refractivity contribution < 1.29 is 13.2 Å². The van der Waals surface area contributed by atoms with Crippen LogP contribution in [0, 0.1) is 6.92 Å². The SMILES string of the molecule is Cc1ccc(C(=O)N[C@H](C)c2ccc(-n3cncn3)cc2)cc1S(=O)(=O)NCc1ccccc1. The lowest BCUT2D eigenvalue weighted by Gasteiger charge is -2.16. The van der Waals surface area contributed by atoms with E-state index in [1.807, 2.05) is 61.5 Å². The molecule has 4 aromatic rings. The van der Waals surface area contributed by atoms with Gasteiger partial charge in [-0.25, -0.2) is 22.8 Å². The maximum absolute atomic E-state index is 12.9. The molecule has 0 aliphatic carbocycles. The lowest BCUT2D eigenvalue weighted by atomic mass is 10.1. The van der Waals surface area contributed by atoms with Gasteiger partial charge in [0, 0.05) is 12.1 Å². The number of aromatic nitrogens is 3. The number of amides is 1. The number of carbonyl (C=O) groups excluding carboxylic acids is 1. The summed E-state index contributed by atoms with van der Waals surface area (Å²) in [5, 5.41) is 7.03. The molecule has 0 spiro atoms. The number of rotatable bonds is 8. The highest BCUT2D eigenvalue weighted by molar-refractivity contribution is 7.89. The van der Waals surface area contributed by atoms with Crippen LogP contribution in [0.15, 0.2) is 90.3 Å². The van der Waals surface area contributed by atoms with Crippen LogP contribution in [0.1, 0.15) is 40.0 Å². The number of benzene rings is 3. The van der Waals surface area contributed by atoms with E-state index in [0.29, 0.717) is 5.56 Å². The second-order valence-corrected chi connectivity index (χ2v) is 9.65. The minimum absolute atomic E-state index is 0.0842. The van der Waals surface area contributed by atoms with Crippen molar-refractivity contribution in [3.05, 3.63) is 108 Å². The molecule has 174 valence electrons. The predicted octanol–water partition coefficient (Wildman–Crippen LogP) is 3.55. The van der Waals surface area contributed by atoms with Gasteiger partial charge in [0.25, 0.3) is 5.91 Å². The summed E-state index contributed by atoms with van der Waals surface area (Å²) in [6.45, 7) is 3.74. The van der Waals surface area contributed by atoms with Crippen LogP contribution in [-0.2, 0) is 16.6 Å². The fourth-order valence-electron chi connectivity index (χ4n) is 3.50. The van der Waals surface area contributed by atoms with Gasteiger partial charge in [-0.15, -0.1) is 0 Å². The fraction of sp³-hybridized carbons (Fsp3) is 0.160. The predicted molar refractivity (Wildman–Crippen MR) is 129 cm³/mol. The van der Waals surface area contributed by atoms with E-state index < -0.39 is 10.0 Å². The molecule has 3 aromatic carbocycles. The highest BCUT2D eigenvalue weighted by atomic mass is 32.2. The van der Waals surface area contributed by atoms with Gasteiger partial charge in [-0.05, 0) is 54.8 Å². The molecule has 0 saturated heterocycles. The van der Waals surface area contributed by atoms with Crippen molar-refractivity contribution in [2.45, 2.75) is 31.3 Å². The van der Waals surface area contributed by atoms with Gasteiger partial charge in [0.15, 0.2) is 0 Å². The zero-order valence-electron chi connectivity index (χ0n) is 18.8. The normalized spacial score (nSPS) is 12.3. The van der Waals surface area contributed by atoms with Gasteiger partial charge < -0.3 is 5.32 Å². The van der Waals surface area contributed by atoms with Gasteiger partial charge >= 0.3 is 0 Å². The monoisotopic (exact) mass is 475 g/mol. The molecule has 1 atom stereocenters. The number of nitrogens with one attached hydrogen (secondary N) is 2. The highest BCUT2D eigenvalue weighted by Crippen LogP contribution is 2.20. The fourth-order valence-corrected chi connectivity index (χ4v) is 4.79. The minimum atomic E-state index is -3.80. The molecule has 34 heavy (non-hydrogen) atoms. The number of hydrogen-bond donors (Lipinski definition) is 2. The molecule has 8 nitrogen and oxygen atoms in total. The summed E-state index contributed by atoms with van der Waals surface area (Å²) in [6.07, 6.45) is 3.07. The smallest absolute Gasteiger partial charge is 0.251 e. The third-order valence-corrected chi connectivity index (χ3v) is 7.02. The largest absolute Gasteiger partial charge is 0.346 e. The first-order valence-corrected chi connectivity index (χ1v) is 12.2. The lowest BCUT2D eigenvalue weighted by molar-refractivity contribution is 0.0939. The molecule has 0 bridgehead atoms. The molecule has 0 saturated carbocycles. The van der Waals surface area contributed by atoms with E-state index in [0.717, 1.165) is 16.8 Å². The van der Waals surface area contributed by atoms with Crippen molar-refractivity contribution in [2.24, 2.45) is 0 Å². The maximum Gasteiger partial charge on any atom is 0.251 e. The second-order valence-electron chi connectivity index (χ2n) is 7.92. The van der Waals surface area contributed by atoms with Crippen LogP contribution in [0.3, 0.4) is 0 Å². The highest BCUT2D eigenvalue weighted by Gasteiger charge is 2.20. The lowest BCUT2D eigenvalue weighted by Crippen LogP contribution is -2.28. The molecular formula is C25H25N5O3S. The Balaban J connectivity index is 1.46. The molecule has 1 heterocycles. The Morgan fingerprint density at radius 2 is 1.76 bits per heavy atom. The van der Waals surface area contributed by atoms with E-state index in [1.54, 1.807) is 30.1 Å². The van der Waals surface area contributed by atoms with E-state index in [1.165, 1.54) is 12.4 Å². The molecule has 0 radical (unpaired) electrons. The third kappa shape index (κ3) is 5.38. The molecule has 0 fully saturated rings. The summed E-state index contributed by atoms with van der Waals surface area (Å²) in [6, 6.07) is 21.3. The molecule has 4 rings (SSSR count). The average Bonchev–Trinajstić information content (AvgIpc) is 3.39. The first-order valence-electron chi connectivity index (χ1n) is 10.7. The van der Waals surface area contributed by atoms with Gasteiger partial charge in [-0.1, -0.05) is 48.5 Å². The first kappa shape index (κ1) is 23.3. The minimum Gasteiger partial charge on any atom is -0.346 e. The molecule has 9 heteroatoms. The number of nitrogens with zero attached hydrogens (tertiary/aromatic N) is 3. The van der Waals surface area contributed by atoms with Gasteiger partial charge in [0.2, 0.25) is 10.0 Å². The van der Waals surface area contributed by atoms with Crippen molar-refractivity contribution in [2.75, 3.05) is 0 Å². The summed E-state index contributed by atoms with van der Waals surface area (Å²) >= 11 is 0. The Morgan fingerprint density at radius 3 is 2.44 bits per heavy atom. The summed E-state index contributed by atoms with van der Waals surface area (Å²) in [7, 11) is -3.80. The molecule has 2 N–H and O–H groups in total. The average molecular weight is 476 g/mol. The molecule has 0 aliphatic heterocycles. The van der Waals surface area contributed by atoms with Crippen LogP contribution < -0.4 is 10.0 Å². The Kier molecular flexibility index (Phi) is 6.85. The van der Waals surface area contributed by atoms with E-state index in [-0.39, 0.29) is 29.0 Å². The number of carbonyl (C=O) groups is 1. The van der Waals surface area contributed by atoms with E-state index in [2.05, 4.69) is 20.1 Å². The van der Waals surface area contributed by atoms with Crippen LogP contribution in [0.4, 0.5) is 0 Å². The van der Waals surface area contributed by atoms with Gasteiger partial charge in [0.1, 0.15) is 12.7 Å². The van der Waals surface area contributed by atoms with Crippen molar-refractivity contribution in [1.82, 2.24) is 24.8 Å². The van der Waals surface area contributed by atoms with Gasteiger partial charge in [-0.2, -0.15) is 5.10 Å². The van der Waals surface area contributed by atoms with Crippen LogP contribution >= 0.6 is 0 Å². The van der Waals surface area contributed by atoms with Gasteiger partial charge in [0.05, 0.1) is 16.6 Å². The van der Waals surface area contributed by atoms with Crippen molar-refractivity contribution in [3.8, 4) is 5.69 Å². The van der Waals surface area contributed by atoms with Crippen LogP contribution in [0.2, 0.25) is 0 Å². The van der Waals surface area contributed by atoms with Crippen molar-refractivity contribution in [1.29, 1.82) is 0 Å². The van der Waals surface area contributed by atoms with Crippen molar-refractivity contribution >= 4 is 15.9 Å². The topological polar surface area (TPSA) is 106 Å². The Bertz CT molecular complexity index is 1370. The standard InChI is InChI=1S/C25H25N5O3S/c1-18-8-9-22(14-24(18)34(32,33)28-15-20-6-4-3-5-7-20)25(31)29-19(2)21-10-12-23(13-11-21)30-17-26-16-27-30/h3-14,16-17,19,28H,15H2,1-2H3,(H,29,31)/t19-/m1/s1. The zero-order chi connectivity index (χ0) is 24.1. The van der Waals surface area contributed by atoms with Gasteiger partial charge in [-0.3, -0.25) is 4.79 Å². The van der Waals surface area contributed by atoms with Crippen molar-refractivity contribution in [3.63, 3.8) is 0 Å². The Labute approximate surface area is 198 Å². The van der Waals surface area contributed by atoms with Crippen LogP contribution in [0.25, 0.3) is 5.69 Å². The Hall–Kier alpha value is -3.82. The zero-order valence-corrected chi connectivity index (χ0v) is 19.7. The molecule has 1 amide bonds. The summed E-state index contributed by atoms with van der Waals surface area (Å²) in [5.74, 6) is -0.354. The third-order valence-electron chi connectivity index (χ3n) is 5.47. The summed E-state index contributed by atoms with van der Waals surface area (Å²) in [5.41, 5.74) is 3.45.